The van der Waals surface area contributed by atoms with Crippen LogP contribution in [0.3, 0.4) is 0 Å². The third-order valence-corrected chi connectivity index (χ3v) is 4.41. The van der Waals surface area contributed by atoms with Crippen molar-refractivity contribution in [1.82, 2.24) is 14.8 Å². The molecule has 0 N–H and O–H groups in total. The normalized spacial score (nSPS) is 11.6. The maximum Gasteiger partial charge on any atom is 0.178 e. The SMILES string of the molecule is Cc1cccc(S(=O)(=O)CCCn2cncn2)c1. The zero-order chi connectivity index (χ0) is 13.0. The zero-order valence-electron chi connectivity index (χ0n) is 10.2. The Morgan fingerprint density at radius 1 is 1.33 bits per heavy atom. The minimum absolute atomic E-state index is 0.121. The Hall–Kier alpha value is -1.69. The first-order valence-electron chi connectivity index (χ1n) is 5.70. The number of rotatable bonds is 5. The Morgan fingerprint density at radius 2 is 2.17 bits per heavy atom. The van der Waals surface area contributed by atoms with E-state index in [0.717, 1.165) is 5.56 Å². The van der Waals surface area contributed by atoms with Crippen LogP contribution in [0.15, 0.2) is 41.8 Å². The van der Waals surface area contributed by atoms with Crippen LogP contribution in [0.25, 0.3) is 0 Å². The number of aromatic nitrogens is 3. The molecule has 1 aromatic heterocycles. The smallest absolute Gasteiger partial charge is 0.178 e. The molecule has 0 atom stereocenters. The van der Waals surface area contributed by atoms with Gasteiger partial charge in [0.25, 0.3) is 0 Å². The van der Waals surface area contributed by atoms with Crippen molar-refractivity contribution in [2.75, 3.05) is 5.75 Å². The van der Waals surface area contributed by atoms with Gasteiger partial charge in [0.05, 0.1) is 10.6 Å². The summed E-state index contributed by atoms with van der Waals surface area (Å²) in [5, 5.41) is 3.93. The molecule has 1 aromatic carbocycles. The van der Waals surface area contributed by atoms with E-state index in [4.69, 9.17) is 0 Å². The van der Waals surface area contributed by atoms with E-state index in [1.54, 1.807) is 29.2 Å². The van der Waals surface area contributed by atoms with Crippen molar-refractivity contribution < 1.29 is 8.42 Å². The lowest BCUT2D eigenvalue weighted by Crippen LogP contribution is -2.10. The highest BCUT2D eigenvalue weighted by Gasteiger charge is 2.13. The van der Waals surface area contributed by atoms with E-state index < -0.39 is 9.84 Å². The monoisotopic (exact) mass is 265 g/mol. The van der Waals surface area contributed by atoms with Gasteiger partial charge in [-0.1, -0.05) is 12.1 Å². The van der Waals surface area contributed by atoms with Crippen LogP contribution in [-0.2, 0) is 16.4 Å². The number of nitrogens with zero attached hydrogens (tertiary/aromatic N) is 3. The van der Waals surface area contributed by atoms with E-state index in [-0.39, 0.29) is 5.75 Å². The first-order valence-corrected chi connectivity index (χ1v) is 7.35. The molecule has 0 spiro atoms. The second-order valence-electron chi connectivity index (χ2n) is 4.15. The molecule has 0 aliphatic carbocycles. The molecule has 2 rings (SSSR count). The van der Waals surface area contributed by atoms with Crippen LogP contribution in [0.2, 0.25) is 0 Å². The maximum absolute atomic E-state index is 12.1. The van der Waals surface area contributed by atoms with E-state index in [1.807, 2.05) is 13.0 Å². The van der Waals surface area contributed by atoms with Crippen molar-refractivity contribution in [1.29, 1.82) is 0 Å². The van der Waals surface area contributed by atoms with E-state index in [9.17, 15) is 8.42 Å². The first-order chi connectivity index (χ1) is 8.58. The molecule has 96 valence electrons. The second-order valence-corrected chi connectivity index (χ2v) is 6.26. The maximum atomic E-state index is 12.1. The summed E-state index contributed by atoms with van der Waals surface area (Å²) in [5.74, 6) is 0.121. The summed E-state index contributed by atoms with van der Waals surface area (Å²) in [5.41, 5.74) is 0.951. The fourth-order valence-corrected chi connectivity index (χ4v) is 3.09. The Bertz CT molecular complexity index is 606. The first kappa shape index (κ1) is 12.8. The van der Waals surface area contributed by atoms with Crippen LogP contribution in [0, 0.1) is 6.92 Å². The number of sulfone groups is 1. The van der Waals surface area contributed by atoms with Crippen molar-refractivity contribution in [2.45, 2.75) is 24.8 Å². The summed E-state index contributed by atoms with van der Waals surface area (Å²) in [7, 11) is -3.20. The largest absolute Gasteiger partial charge is 0.253 e. The number of hydrogen-bond acceptors (Lipinski definition) is 4. The average molecular weight is 265 g/mol. The standard InChI is InChI=1S/C12H15N3O2S/c1-11-4-2-5-12(8-11)18(16,17)7-3-6-15-10-13-9-14-15/h2,4-5,8-10H,3,6-7H2,1H3. The fourth-order valence-electron chi connectivity index (χ4n) is 1.69. The lowest BCUT2D eigenvalue weighted by Gasteiger charge is -2.05. The molecule has 1 heterocycles. The molecule has 5 nitrogen and oxygen atoms in total. The van der Waals surface area contributed by atoms with Gasteiger partial charge in [0.2, 0.25) is 0 Å². The van der Waals surface area contributed by atoms with E-state index in [1.165, 1.54) is 6.33 Å². The molecule has 18 heavy (non-hydrogen) atoms. The van der Waals surface area contributed by atoms with Crippen molar-refractivity contribution in [3.63, 3.8) is 0 Å². The van der Waals surface area contributed by atoms with Gasteiger partial charge in [0.1, 0.15) is 12.7 Å². The minimum Gasteiger partial charge on any atom is -0.253 e. The lowest BCUT2D eigenvalue weighted by atomic mass is 10.2. The highest BCUT2D eigenvalue weighted by atomic mass is 32.2. The predicted octanol–water partition coefficient (Wildman–Crippen LogP) is 1.45. The third kappa shape index (κ3) is 3.16. The molecule has 0 amide bonds. The van der Waals surface area contributed by atoms with Gasteiger partial charge < -0.3 is 0 Å². The summed E-state index contributed by atoms with van der Waals surface area (Å²) >= 11 is 0. The van der Waals surface area contributed by atoms with Crippen molar-refractivity contribution in [2.24, 2.45) is 0 Å². The van der Waals surface area contributed by atoms with Gasteiger partial charge in [0.15, 0.2) is 9.84 Å². The topological polar surface area (TPSA) is 64.8 Å². The highest BCUT2D eigenvalue weighted by molar-refractivity contribution is 7.91. The summed E-state index contributed by atoms with van der Waals surface area (Å²) in [6.07, 6.45) is 3.55. The van der Waals surface area contributed by atoms with Crippen molar-refractivity contribution >= 4 is 9.84 Å². The predicted molar refractivity (Wildman–Crippen MR) is 67.9 cm³/mol. The summed E-state index contributed by atoms with van der Waals surface area (Å²) in [4.78, 5) is 4.20. The van der Waals surface area contributed by atoms with Gasteiger partial charge >= 0.3 is 0 Å². The molecular formula is C12H15N3O2S. The van der Waals surface area contributed by atoms with Gasteiger partial charge in [-0.15, -0.1) is 0 Å². The molecule has 6 heteroatoms. The van der Waals surface area contributed by atoms with Crippen LogP contribution < -0.4 is 0 Å². The third-order valence-electron chi connectivity index (χ3n) is 2.62. The number of hydrogen-bond donors (Lipinski definition) is 0. The van der Waals surface area contributed by atoms with Crippen LogP contribution >= 0.6 is 0 Å². The molecule has 0 saturated carbocycles. The molecular weight excluding hydrogens is 250 g/mol. The summed E-state index contributed by atoms with van der Waals surface area (Å²) < 4.78 is 25.8. The molecule has 0 aliphatic rings. The minimum atomic E-state index is -3.20. The second kappa shape index (κ2) is 5.30. The van der Waals surface area contributed by atoms with Crippen molar-refractivity contribution in [3.05, 3.63) is 42.5 Å². The molecule has 0 radical (unpaired) electrons. The van der Waals surface area contributed by atoms with Crippen LogP contribution in [-0.4, -0.2) is 28.9 Å². The number of benzene rings is 1. The lowest BCUT2D eigenvalue weighted by molar-refractivity contribution is 0.572. The van der Waals surface area contributed by atoms with Crippen LogP contribution in [0.4, 0.5) is 0 Å². The molecule has 0 saturated heterocycles. The highest BCUT2D eigenvalue weighted by Crippen LogP contribution is 2.13. The molecule has 0 bridgehead atoms. The Morgan fingerprint density at radius 3 is 2.83 bits per heavy atom. The van der Waals surface area contributed by atoms with Gasteiger partial charge in [-0.25, -0.2) is 13.4 Å². The zero-order valence-corrected chi connectivity index (χ0v) is 11.0. The van der Waals surface area contributed by atoms with Gasteiger partial charge in [0, 0.05) is 6.54 Å². The quantitative estimate of drug-likeness (QED) is 0.820. The number of aryl methyl sites for hydroxylation is 2. The van der Waals surface area contributed by atoms with Gasteiger partial charge in [-0.05, 0) is 31.0 Å². The van der Waals surface area contributed by atoms with E-state index in [0.29, 0.717) is 17.9 Å². The Kier molecular flexibility index (Phi) is 3.76. The van der Waals surface area contributed by atoms with Gasteiger partial charge in [-0.2, -0.15) is 5.10 Å². The molecule has 0 unspecified atom stereocenters. The van der Waals surface area contributed by atoms with E-state index >= 15 is 0 Å². The summed E-state index contributed by atoms with van der Waals surface area (Å²) in [6, 6.07) is 6.98. The summed E-state index contributed by atoms with van der Waals surface area (Å²) in [6.45, 7) is 2.44. The molecule has 0 aliphatic heterocycles. The Balaban J connectivity index is 1.99. The molecule has 0 fully saturated rings. The Labute approximate surface area is 106 Å². The van der Waals surface area contributed by atoms with Gasteiger partial charge in [-0.3, -0.25) is 4.68 Å². The fraction of sp³-hybridized carbons (Fsp3) is 0.333. The molecule has 2 aromatic rings. The van der Waals surface area contributed by atoms with Crippen molar-refractivity contribution in [3.8, 4) is 0 Å². The van der Waals surface area contributed by atoms with E-state index in [2.05, 4.69) is 10.1 Å². The van der Waals surface area contributed by atoms with Crippen LogP contribution in [0.5, 0.6) is 0 Å². The average Bonchev–Trinajstić information content (AvgIpc) is 2.82. The van der Waals surface area contributed by atoms with Crippen LogP contribution in [0.1, 0.15) is 12.0 Å².